The van der Waals surface area contributed by atoms with Gasteiger partial charge in [0, 0.05) is 11.1 Å². The van der Waals surface area contributed by atoms with Crippen molar-refractivity contribution in [3.05, 3.63) is 63.6 Å². The molecule has 126 valence electrons. The molecule has 0 aliphatic carbocycles. The number of carbonyl (C=O) groups is 1. The Bertz CT molecular complexity index is 739. The highest BCUT2D eigenvalue weighted by atomic mass is 35.5. The number of benzene rings is 2. The second kappa shape index (κ2) is 8.62. The molecule has 2 aromatic rings. The van der Waals surface area contributed by atoms with E-state index in [9.17, 15) is 4.79 Å². The lowest BCUT2D eigenvalue weighted by Crippen LogP contribution is -1.99. The van der Waals surface area contributed by atoms with Crippen LogP contribution in [-0.2, 0) is 16.1 Å². The van der Waals surface area contributed by atoms with E-state index in [2.05, 4.69) is 4.74 Å². The molecule has 0 amide bonds. The van der Waals surface area contributed by atoms with E-state index in [1.807, 2.05) is 12.1 Å². The maximum absolute atomic E-state index is 11.2. The maximum Gasteiger partial charge on any atom is 0.330 e. The molecule has 0 aliphatic rings. The fourth-order valence-electron chi connectivity index (χ4n) is 1.94. The summed E-state index contributed by atoms with van der Waals surface area (Å²) in [7, 11) is 2.84. The summed E-state index contributed by atoms with van der Waals surface area (Å²) in [5.74, 6) is 0.457. The minimum Gasteiger partial charge on any atom is -0.493 e. The van der Waals surface area contributed by atoms with Crippen molar-refractivity contribution < 1.29 is 19.0 Å². The Kier molecular flexibility index (Phi) is 6.53. The minimum absolute atomic E-state index is 0.324. The van der Waals surface area contributed by atoms with Crippen LogP contribution in [0.2, 0.25) is 10.0 Å². The van der Waals surface area contributed by atoms with Gasteiger partial charge < -0.3 is 14.2 Å². The Morgan fingerprint density at radius 2 is 1.83 bits per heavy atom. The van der Waals surface area contributed by atoms with Gasteiger partial charge in [0.05, 0.1) is 19.2 Å². The summed E-state index contributed by atoms with van der Waals surface area (Å²) >= 11 is 12.1. The zero-order valence-electron chi connectivity index (χ0n) is 13.2. The smallest absolute Gasteiger partial charge is 0.330 e. The van der Waals surface area contributed by atoms with Crippen molar-refractivity contribution in [3.8, 4) is 11.5 Å². The van der Waals surface area contributed by atoms with Crippen LogP contribution < -0.4 is 9.47 Å². The number of halogens is 2. The van der Waals surface area contributed by atoms with Crippen LogP contribution >= 0.6 is 23.2 Å². The molecule has 4 nitrogen and oxygen atoms in total. The highest BCUT2D eigenvalue weighted by molar-refractivity contribution is 6.32. The van der Waals surface area contributed by atoms with E-state index in [1.165, 1.54) is 20.3 Å². The summed E-state index contributed by atoms with van der Waals surface area (Å²) in [6.45, 7) is 0.324. The normalized spacial score (nSPS) is 10.7. The molecule has 6 heteroatoms. The molecule has 0 saturated carbocycles. The molecule has 0 saturated heterocycles. The monoisotopic (exact) mass is 366 g/mol. The quantitative estimate of drug-likeness (QED) is 0.545. The maximum atomic E-state index is 11.2. The fourth-order valence-corrected chi connectivity index (χ4v) is 2.34. The van der Waals surface area contributed by atoms with Crippen LogP contribution in [0.3, 0.4) is 0 Å². The van der Waals surface area contributed by atoms with E-state index in [1.54, 1.807) is 30.3 Å². The van der Waals surface area contributed by atoms with Gasteiger partial charge in [0.1, 0.15) is 6.61 Å². The molecular formula is C18H16Cl2O4. The predicted octanol–water partition coefficient (Wildman–Crippen LogP) is 4.77. The SMILES string of the molecule is COC(=O)/C=C/c1cc(Cl)c(OCc2ccc(Cl)cc2)c(OC)c1. The number of esters is 1. The third kappa shape index (κ3) is 4.91. The minimum atomic E-state index is -0.451. The van der Waals surface area contributed by atoms with Crippen molar-refractivity contribution in [2.75, 3.05) is 14.2 Å². The van der Waals surface area contributed by atoms with Gasteiger partial charge in [0.15, 0.2) is 11.5 Å². The lowest BCUT2D eigenvalue weighted by atomic mass is 10.2. The van der Waals surface area contributed by atoms with Crippen molar-refractivity contribution in [2.45, 2.75) is 6.61 Å². The van der Waals surface area contributed by atoms with Gasteiger partial charge in [-0.05, 0) is 41.5 Å². The first-order chi connectivity index (χ1) is 11.5. The van der Waals surface area contributed by atoms with Crippen LogP contribution in [0.15, 0.2) is 42.5 Å². The van der Waals surface area contributed by atoms with Gasteiger partial charge in [-0.1, -0.05) is 35.3 Å². The van der Waals surface area contributed by atoms with Gasteiger partial charge >= 0.3 is 5.97 Å². The third-order valence-electron chi connectivity index (χ3n) is 3.16. The van der Waals surface area contributed by atoms with Gasteiger partial charge in [0.2, 0.25) is 0 Å². The average Bonchev–Trinajstić information content (AvgIpc) is 2.59. The molecule has 24 heavy (non-hydrogen) atoms. The Balaban J connectivity index is 2.18. The lowest BCUT2D eigenvalue weighted by molar-refractivity contribution is -0.134. The molecule has 0 unspecified atom stereocenters. The van der Waals surface area contributed by atoms with E-state index in [0.717, 1.165) is 5.56 Å². The molecule has 0 aliphatic heterocycles. The van der Waals surface area contributed by atoms with Crippen molar-refractivity contribution >= 4 is 35.2 Å². The van der Waals surface area contributed by atoms with Crippen LogP contribution in [0.25, 0.3) is 6.08 Å². The molecule has 0 bridgehead atoms. The van der Waals surface area contributed by atoms with E-state index in [-0.39, 0.29) is 0 Å². The third-order valence-corrected chi connectivity index (χ3v) is 3.69. The molecule has 0 spiro atoms. The molecule has 0 fully saturated rings. The van der Waals surface area contributed by atoms with E-state index >= 15 is 0 Å². The molecule has 0 heterocycles. The first-order valence-corrected chi connectivity index (χ1v) is 7.80. The molecule has 2 rings (SSSR count). The number of ether oxygens (including phenoxy) is 3. The van der Waals surface area contributed by atoms with Crippen LogP contribution in [0.5, 0.6) is 11.5 Å². The van der Waals surface area contributed by atoms with Crippen LogP contribution in [-0.4, -0.2) is 20.2 Å². The number of carbonyl (C=O) groups excluding carboxylic acids is 1. The van der Waals surface area contributed by atoms with Gasteiger partial charge in [-0.25, -0.2) is 4.79 Å². The molecule has 2 aromatic carbocycles. The summed E-state index contributed by atoms with van der Waals surface area (Å²) in [4.78, 5) is 11.2. The summed E-state index contributed by atoms with van der Waals surface area (Å²) in [6, 6.07) is 10.7. The topological polar surface area (TPSA) is 44.8 Å². The summed E-state index contributed by atoms with van der Waals surface area (Å²) in [6.07, 6.45) is 2.89. The van der Waals surface area contributed by atoms with Crippen molar-refractivity contribution in [2.24, 2.45) is 0 Å². The van der Waals surface area contributed by atoms with E-state index < -0.39 is 5.97 Å². The van der Waals surface area contributed by atoms with E-state index in [4.69, 9.17) is 32.7 Å². The van der Waals surface area contributed by atoms with Gasteiger partial charge in [-0.2, -0.15) is 0 Å². The van der Waals surface area contributed by atoms with Gasteiger partial charge in [-0.15, -0.1) is 0 Å². The lowest BCUT2D eigenvalue weighted by Gasteiger charge is -2.13. The average molecular weight is 367 g/mol. The van der Waals surface area contributed by atoms with Crippen LogP contribution in [0.1, 0.15) is 11.1 Å². The molecule has 0 atom stereocenters. The van der Waals surface area contributed by atoms with Gasteiger partial charge in [0.25, 0.3) is 0 Å². The second-order valence-corrected chi connectivity index (χ2v) is 5.65. The summed E-state index contributed by atoms with van der Waals surface area (Å²) in [5, 5.41) is 1.05. The number of hydrogen-bond acceptors (Lipinski definition) is 4. The predicted molar refractivity (Wildman–Crippen MR) is 94.8 cm³/mol. The van der Waals surface area contributed by atoms with Crippen molar-refractivity contribution in [1.82, 2.24) is 0 Å². The first kappa shape index (κ1) is 18.2. The molecule has 0 aromatic heterocycles. The van der Waals surface area contributed by atoms with Crippen molar-refractivity contribution in [1.29, 1.82) is 0 Å². The highest BCUT2D eigenvalue weighted by Gasteiger charge is 2.12. The zero-order chi connectivity index (χ0) is 17.5. The van der Waals surface area contributed by atoms with Crippen LogP contribution in [0.4, 0.5) is 0 Å². The standard InChI is InChI=1S/C18H16Cl2O4/c1-22-16-10-13(5-8-17(21)23-2)9-15(20)18(16)24-11-12-3-6-14(19)7-4-12/h3-10H,11H2,1-2H3/b8-5+. The van der Waals surface area contributed by atoms with E-state index in [0.29, 0.717) is 33.7 Å². The van der Waals surface area contributed by atoms with Crippen molar-refractivity contribution in [3.63, 3.8) is 0 Å². The first-order valence-electron chi connectivity index (χ1n) is 7.04. The molecule has 0 radical (unpaired) electrons. The zero-order valence-corrected chi connectivity index (χ0v) is 14.7. The number of hydrogen-bond donors (Lipinski definition) is 0. The van der Waals surface area contributed by atoms with Crippen LogP contribution in [0, 0.1) is 0 Å². The molecule has 0 N–H and O–H groups in total. The van der Waals surface area contributed by atoms with Gasteiger partial charge in [-0.3, -0.25) is 0 Å². The largest absolute Gasteiger partial charge is 0.493 e. The number of methoxy groups -OCH3 is 2. The summed E-state index contributed by atoms with van der Waals surface area (Å²) < 4.78 is 15.7. The Hall–Kier alpha value is -2.17. The highest BCUT2D eigenvalue weighted by Crippen LogP contribution is 2.37. The summed E-state index contributed by atoms with van der Waals surface area (Å²) in [5.41, 5.74) is 1.65. The Labute approximate surface area is 150 Å². The Morgan fingerprint density at radius 3 is 2.46 bits per heavy atom. The molecular weight excluding hydrogens is 351 g/mol. The number of rotatable bonds is 6. The second-order valence-electron chi connectivity index (χ2n) is 4.81. The Morgan fingerprint density at radius 1 is 1.12 bits per heavy atom. The fraction of sp³-hybridized carbons (Fsp3) is 0.167.